The van der Waals surface area contributed by atoms with E-state index in [2.05, 4.69) is 25.1 Å². The molecule has 0 aliphatic carbocycles. The molecule has 0 bridgehead atoms. The molecule has 1 fully saturated rings. The third-order valence-electron chi connectivity index (χ3n) is 5.44. The predicted octanol–water partition coefficient (Wildman–Crippen LogP) is 1.20. The Hall–Kier alpha value is -2.97. The van der Waals surface area contributed by atoms with Crippen molar-refractivity contribution in [2.75, 3.05) is 24.5 Å². The van der Waals surface area contributed by atoms with Crippen LogP contribution >= 0.6 is 0 Å². The first-order valence-electron chi connectivity index (χ1n) is 9.41. The quantitative estimate of drug-likeness (QED) is 0.693. The molecule has 3 aromatic rings. The minimum absolute atomic E-state index is 0.00360. The van der Waals surface area contributed by atoms with Crippen LogP contribution in [-0.4, -0.2) is 59.8 Å². The monoisotopic (exact) mass is 366 g/mol. The highest BCUT2D eigenvalue weighted by molar-refractivity contribution is 5.77. The van der Waals surface area contributed by atoms with E-state index >= 15 is 0 Å². The molecule has 3 aromatic heterocycles. The van der Waals surface area contributed by atoms with Gasteiger partial charge in [0.15, 0.2) is 0 Å². The summed E-state index contributed by atoms with van der Waals surface area (Å²) in [6.45, 7) is 5.13. The second-order valence-corrected chi connectivity index (χ2v) is 7.32. The maximum Gasteiger partial charge on any atom is 0.254 e. The lowest BCUT2D eigenvalue weighted by Crippen LogP contribution is -2.41. The molecule has 0 saturated carbocycles. The van der Waals surface area contributed by atoms with Gasteiger partial charge in [0.2, 0.25) is 5.91 Å². The van der Waals surface area contributed by atoms with Gasteiger partial charge in [-0.1, -0.05) is 0 Å². The molecule has 1 saturated heterocycles. The minimum atomic E-state index is 0.00360. The smallest absolute Gasteiger partial charge is 0.254 e. The van der Waals surface area contributed by atoms with Crippen LogP contribution in [0.3, 0.4) is 0 Å². The van der Waals surface area contributed by atoms with Crippen molar-refractivity contribution < 1.29 is 4.79 Å². The molecule has 0 spiro atoms. The van der Waals surface area contributed by atoms with E-state index in [0.717, 1.165) is 43.1 Å². The molecule has 1 atom stereocenters. The van der Waals surface area contributed by atoms with Gasteiger partial charge in [0.1, 0.15) is 12.1 Å². The number of aromatic nitrogens is 6. The zero-order valence-corrected chi connectivity index (χ0v) is 15.3. The summed E-state index contributed by atoms with van der Waals surface area (Å²) >= 11 is 0. The van der Waals surface area contributed by atoms with E-state index < -0.39 is 0 Å². The van der Waals surface area contributed by atoms with Gasteiger partial charge in [-0.15, -0.1) is 0 Å². The maximum atomic E-state index is 12.7. The average Bonchev–Trinajstić information content (AvgIpc) is 3.40. The van der Waals surface area contributed by atoms with Crippen LogP contribution in [0.25, 0.3) is 5.78 Å². The van der Waals surface area contributed by atoms with Gasteiger partial charge in [0.05, 0.1) is 24.7 Å². The molecule has 27 heavy (non-hydrogen) atoms. The number of hydrogen-bond acceptors (Lipinski definition) is 6. The fourth-order valence-corrected chi connectivity index (χ4v) is 4.15. The van der Waals surface area contributed by atoms with Gasteiger partial charge < -0.3 is 9.80 Å². The Morgan fingerprint density at radius 1 is 1.26 bits per heavy atom. The number of rotatable bonds is 3. The number of fused-ring (bicyclic) bond motifs is 2. The summed E-state index contributed by atoms with van der Waals surface area (Å²) in [5, 5.41) is 8.82. The van der Waals surface area contributed by atoms with Gasteiger partial charge in [0, 0.05) is 37.6 Å². The zero-order chi connectivity index (χ0) is 18.4. The molecule has 0 radical (unpaired) electrons. The number of carbonyl (C=O) groups is 1. The van der Waals surface area contributed by atoms with Crippen LogP contribution in [-0.2, 0) is 11.3 Å². The molecule has 5 heterocycles. The molecule has 9 nitrogen and oxygen atoms in total. The second kappa shape index (κ2) is 6.33. The van der Waals surface area contributed by atoms with E-state index in [-0.39, 0.29) is 11.9 Å². The SMILES string of the molecule is Cc1cc(N2Cc3ccnn3C(CC(=O)N3CCCC3)C2)n2ncnc2n1. The van der Waals surface area contributed by atoms with Crippen LogP contribution in [0.15, 0.2) is 24.7 Å². The molecule has 0 aromatic carbocycles. The molecule has 2 aliphatic rings. The maximum absolute atomic E-state index is 12.7. The molecular weight excluding hydrogens is 344 g/mol. The molecule has 0 N–H and O–H groups in total. The predicted molar refractivity (Wildman–Crippen MR) is 98.3 cm³/mol. The Labute approximate surface area is 156 Å². The third-order valence-corrected chi connectivity index (χ3v) is 5.44. The average molecular weight is 366 g/mol. The lowest BCUT2D eigenvalue weighted by atomic mass is 10.1. The molecule has 2 aliphatic heterocycles. The minimum Gasteiger partial charge on any atom is -0.348 e. The Kier molecular flexibility index (Phi) is 3.80. The van der Waals surface area contributed by atoms with Crippen molar-refractivity contribution in [2.24, 2.45) is 0 Å². The number of anilines is 1. The Bertz CT molecular complexity index is 986. The number of nitrogens with zero attached hydrogens (tertiary/aromatic N) is 8. The van der Waals surface area contributed by atoms with Gasteiger partial charge in [-0.2, -0.15) is 19.7 Å². The number of aryl methyl sites for hydroxylation is 1. The van der Waals surface area contributed by atoms with Gasteiger partial charge in [0.25, 0.3) is 5.78 Å². The summed E-state index contributed by atoms with van der Waals surface area (Å²) in [5.41, 5.74) is 2.00. The first kappa shape index (κ1) is 16.2. The van der Waals surface area contributed by atoms with E-state index in [0.29, 0.717) is 25.3 Å². The number of likely N-dealkylation sites (tertiary alicyclic amines) is 1. The third kappa shape index (κ3) is 2.83. The van der Waals surface area contributed by atoms with Crippen molar-refractivity contribution in [3.8, 4) is 0 Å². The summed E-state index contributed by atoms with van der Waals surface area (Å²) in [5.74, 6) is 1.76. The van der Waals surface area contributed by atoms with Crippen LogP contribution < -0.4 is 4.90 Å². The van der Waals surface area contributed by atoms with Crippen molar-refractivity contribution in [3.63, 3.8) is 0 Å². The molecule has 9 heteroatoms. The van der Waals surface area contributed by atoms with E-state index in [4.69, 9.17) is 0 Å². The van der Waals surface area contributed by atoms with Crippen LogP contribution in [0, 0.1) is 6.92 Å². The van der Waals surface area contributed by atoms with Crippen LogP contribution in [0.2, 0.25) is 0 Å². The summed E-state index contributed by atoms with van der Waals surface area (Å²) in [4.78, 5) is 25.6. The highest BCUT2D eigenvalue weighted by Gasteiger charge is 2.31. The fourth-order valence-electron chi connectivity index (χ4n) is 4.15. The van der Waals surface area contributed by atoms with Crippen molar-refractivity contribution in [1.82, 2.24) is 34.3 Å². The Morgan fingerprint density at radius 3 is 2.96 bits per heavy atom. The van der Waals surface area contributed by atoms with Gasteiger partial charge >= 0.3 is 0 Å². The summed E-state index contributed by atoms with van der Waals surface area (Å²) < 4.78 is 3.77. The first-order valence-corrected chi connectivity index (χ1v) is 9.41. The highest BCUT2D eigenvalue weighted by Crippen LogP contribution is 2.28. The largest absolute Gasteiger partial charge is 0.348 e. The van der Waals surface area contributed by atoms with E-state index in [1.807, 2.05) is 34.8 Å². The Morgan fingerprint density at radius 2 is 2.11 bits per heavy atom. The highest BCUT2D eigenvalue weighted by atomic mass is 16.2. The summed E-state index contributed by atoms with van der Waals surface area (Å²) in [6.07, 6.45) is 6.02. The van der Waals surface area contributed by atoms with Gasteiger partial charge in [-0.3, -0.25) is 9.48 Å². The number of hydrogen-bond donors (Lipinski definition) is 0. The van der Waals surface area contributed by atoms with E-state index in [1.165, 1.54) is 6.33 Å². The van der Waals surface area contributed by atoms with Crippen LogP contribution in [0.5, 0.6) is 0 Å². The topological polar surface area (TPSA) is 84.5 Å². The molecule has 5 rings (SSSR count). The van der Waals surface area contributed by atoms with Gasteiger partial charge in [-0.25, -0.2) is 4.98 Å². The van der Waals surface area contributed by atoms with Crippen molar-refractivity contribution in [3.05, 3.63) is 36.0 Å². The van der Waals surface area contributed by atoms with Crippen molar-refractivity contribution >= 4 is 17.5 Å². The normalized spacial score (nSPS) is 19.7. The summed E-state index contributed by atoms with van der Waals surface area (Å²) in [6, 6.07) is 4.04. The molecule has 1 amide bonds. The molecule has 1 unspecified atom stereocenters. The number of amides is 1. The number of carbonyl (C=O) groups excluding carboxylic acids is 1. The molecular formula is C18H22N8O. The van der Waals surface area contributed by atoms with Gasteiger partial charge in [-0.05, 0) is 25.8 Å². The van der Waals surface area contributed by atoms with E-state index in [1.54, 1.807) is 4.52 Å². The lowest BCUT2D eigenvalue weighted by Gasteiger charge is -2.35. The second-order valence-electron chi connectivity index (χ2n) is 7.32. The van der Waals surface area contributed by atoms with Crippen LogP contribution in [0.4, 0.5) is 5.82 Å². The summed E-state index contributed by atoms with van der Waals surface area (Å²) in [7, 11) is 0. The Balaban J connectivity index is 1.47. The fraction of sp³-hybridized carbons (Fsp3) is 0.500. The van der Waals surface area contributed by atoms with Crippen molar-refractivity contribution in [2.45, 2.75) is 38.8 Å². The van der Waals surface area contributed by atoms with Crippen LogP contribution in [0.1, 0.15) is 36.7 Å². The zero-order valence-electron chi connectivity index (χ0n) is 15.3. The first-order chi connectivity index (χ1) is 13.2. The van der Waals surface area contributed by atoms with Crippen molar-refractivity contribution in [1.29, 1.82) is 0 Å². The molecule has 140 valence electrons. The standard InChI is InChI=1S/C18H22N8O/c1-13-8-16(26-18(22-13)19-12-21-26)24-10-14-4-5-20-25(14)15(11-24)9-17(27)23-6-2-3-7-23/h4-5,8,12,15H,2-3,6-7,9-11H2,1H3. The van der Waals surface area contributed by atoms with E-state index in [9.17, 15) is 4.79 Å². The lowest BCUT2D eigenvalue weighted by molar-refractivity contribution is -0.131.